The van der Waals surface area contributed by atoms with Crippen molar-refractivity contribution < 1.29 is 83.2 Å². The molecule has 67 heavy (non-hydrogen) atoms. The molecule has 2 bridgehead atoms. The first kappa shape index (κ1) is 60.5. The highest BCUT2D eigenvalue weighted by molar-refractivity contribution is 7.47. The molecule has 2 rings (SSSR count). The van der Waals surface area contributed by atoms with Crippen molar-refractivity contribution in [1.82, 2.24) is 0 Å². The van der Waals surface area contributed by atoms with Gasteiger partial charge in [0.15, 0.2) is 6.10 Å². The van der Waals surface area contributed by atoms with Crippen LogP contribution in [0.1, 0.15) is 155 Å². The van der Waals surface area contributed by atoms with E-state index in [-0.39, 0.29) is 32.1 Å². The van der Waals surface area contributed by atoms with Gasteiger partial charge in [0.1, 0.15) is 36.8 Å². The highest BCUT2D eigenvalue weighted by atomic mass is 31.2. The molecule has 0 radical (unpaired) electrons. The molecule has 9 N–H and O–H groups in total. The first-order chi connectivity index (χ1) is 32.0. The van der Waals surface area contributed by atoms with E-state index < -0.39 is 124 Å². The lowest BCUT2D eigenvalue weighted by Gasteiger charge is -2.37. The molecule has 2 aliphatic rings. The maximum absolute atomic E-state index is 13.5. The number of hydrogen-bond donors (Lipinski definition) is 9. The second-order valence-corrected chi connectivity index (χ2v) is 19.3. The molecular formula is C49H83O17P. The number of carbonyl (C=O) groups is 3. The summed E-state index contributed by atoms with van der Waals surface area (Å²) in [6, 6.07) is 0. The summed E-state index contributed by atoms with van der Waals surface area (Å²) in [5.74, 6) is -5.11. The second kappa shape index (κ2) is 34.6. The molecule has 0 aromatic rings. The van der Waals surface area contributed by atoms with E-state index >= 15 is 0 Å². The van der Waals surface area contributed by atoms with E-state index in [4.69, 9.17) is 18.5 Å². The fraction of sp³-hybridized carbons (Fsp3) is 0.776. The van der Waals surface area contributed by atoms with Crippen LogP contribution in [-0.2, 0) is 37.5 Å². The minimum absolute atomic E-state index is 0.0686. The maximum atomic E-state index is 13.5. The molecule has 1 aliphatic heterocycles. The van der Waals surface area contributed by atoms with Gasteiger partial charge in [0.25, 0.3) is 0 Å². The minimum Gasteiger partial charge on any atom is -0.462 e. The summed E-state index contributed by atoms with van der Waals surface area (Å²) in [6.45, 7) is 2.66. The molecule has 0 aromatic heterocycles. The van der Waals surface area contributed by atoms with E-state index in [1.807, 2.05) is 19.1 Å². The number of allylic oxidation sites excluding steroid dienone is 6. The number of fused-ring (bicyclic) bond motifs is 4. The van der Waals surface area contributed by atoms with Crippen molar-refractivity contribution in [1.29, 1.82) is 0 Å². The lowest BCUT2D eigenvalue weighted by Crippen LogP contribution is -2.56. The summed E-state index contributed by atoms with van der Waals surface area (Å²) < 4.78 is 34.6. The van der Waals surface area contributed by atoms with Crippen LogP contribution in [0.4, 0.5) is 0 Å². The van der Waals surface area contributed by atoms with Crippen molar-refractivity contribution in [3.8, 4) is 0 Å². The van der Waals surface area contributed by atoms with Gasteiger partial charge < -0.3 is 55.2 Å². The van der Waals surface area contributed by atoms with Crippen LogP contribution in [-0.4, -0.2) is 138 Å². The van der Waals surface area contributed by atoms with Crippen molar-refractivity contribution in [3.63, 3.8) is 0 Å². The molecular weight excluding hydrogens is 891 g/mol. The highest BCUT2D eigenvalue weighted by Crippen LogP contribution is 2.47. The molecule has 386 valence electrons. The van der Waals surface area contributed by atoms with Crippen molar-refractivity contribution in [2.75, 3.05) is 13.2 Å². The van der Waals surface area contributed by atoms with Crippen LogP contribution in [0.2, 0.25) is 0 Å². The van der Waals surface area contributed by atoms with Gasteiger partial charge in [-0.3, -0.25) is 23.4 Å². The molecule has 1 saturated heterocycles. The van der Waals surface area contributed by atoms with Gasteiger partial charge >= 0.3 is 19.8 Å². The second-order valence-electron chi connectivity index (χ2n) is 17.9. The number of unbranched alkanes of at least 4 members (excludes halogenated alkanes) is 9. The molecule has 1 aliphatic carbocycles. The lowest BCUT2D eigenvalue weighted by atomic mass is 9.82. The average molecular weight is 975 g/mol. The molecule has 13 atom stereocenters. The van der Waals surface area contributed by atoms with Gasteiger partial charge in [0, 0.05) is 43.9 Å². The van der Waals surface area contributed by atoms with Crippen molar-refractivity contribution in [2.24, 2.45) is 11.8 Å². The Labute approximate surface area is 397 Å². The van der Waals surface area contributed by atoms with Crippen LogP contribution in [0.15, 0.2) is 48.6 Å². The fourth-order valence-electron chi connectivity index (χ4n) is 8.01. The molecule has 0 aromatic carbocycles. The molecule has 1 saturated carbocycles. The molecule has 0 amide bonds. The first-order valence-corrected chi connectivity index (χ1v) is 26.1. The van der Waals surface area contributed by atoms with E-state index in [1.54, 1.807) is 0 Å². The Bertz CT molecular complexity index is 1550. The summed E-state index contributed by atoms with van der Waals surface area (Å²) >= 11 is 0. The van der Waals surface area contributed by atoms with Gasteiger partial charge in [0.2, 0.25) is 0 Å². The first-order valence-electron chi connectivity index (χ1n) is 24.6. The average Bonchev–Trinajstić information content (AvgIpc) is 3.29. The van der Waals surface area contributed by atoms with Gasteiger partial charge in [-0.25, -0.2) is 4.57 Å². The number of aliphatic hydroxyl groups excluding tert-OH is 8. The summed E-state index contributed by atoms with van der Waals surface area (Å²) in [7, 11) is -5.51. The smallest absolute Gasteiger partial charge is 0.462 e. The zero-order chi connectivity index (χ0) is 49.6. The molecule has 0 spiro atoms. The Morgan fingerprint density at radius 2 is 1.33 bits per heavy atom. The van der Waals surface area contributed by atoms with E-state index in [9.17, 15) is 64.7 Å². The van der Waals surface area contributed by atoms with E-state index in [0.717, 1.165) is 32.1 Å². The zero-order valence-electron chi connectivity index (χ0n) is 39.8. The van der Waals surface area contributed by atoms with Crippen LogP contribution < -0.4 is 0 Å². The number of phosphoric ester groups is 1. The fourth-order valence-corrected chi connectivity index (χ4v) is 8.98. The number of rotatable bonds is 22. The Kier molecular flexibility index (Phi) is 31.3. The quantitative estimate of drug-likeness (QED) is 0.0280. The Morgan fingerprint density at radius 1 is 0.731 bits per heavy atom. The molecule has 17 nitrogen and oxygen atoms in total. The number of ketones is 1. The summed E-state index contributed by atoms with van der Waals surface area (Å²) in [4.78, 5) is 49.7. The topological polar surface area (TPSA) is 287 Å². The molecule has 2 fully saturated rings. The predicted octanol–water partition coefficient (Wildman–Crippen LogP) is 5.51. The third-order valence-electron chi connectivity index (χ3n) is 12.1. The van der Waals surface area contributed by atoms with Crippen molar-refractivity contribution in [3.05, 3.63) is 48.6 Å². The summed E-state index contributed by atoms with van der Waals surface area (Å²) in [6.07, 6.45) is 7.42. The molecule has 1 unspecified atom stereocenters. The van der Waals surface area contributed by atoms with E-state index in [0.29, 0.717) is 25.7 Å². The number of carbonyl (C=O) groups excluding carboxylic acids is 3. The van der Waals surface area contributed by atoms with Gasteiger partial charge in [-0.2, -0.15) is 0 Å². The van der Waals surface area contributed by atoms with Crippen molar-refractivity contribution in [2.45, 2.75) is 216 Å². The largest absolute Gasteiger partial charge is 0.472 e. The van der Waals surface area contributed by atoms with Gasteiger partial charge in [-0.05, 0) is 57.8 Å². The van der Waals surface area contributed by atoms with Crippen LogP contribution in [0.25, 0.3) is 0 Å². The van der Waals surface area contributed by atoms with E-state index in [1.165, 1.54) is 50.7 Å². The van der Waals surface area contributed by atoms with Gasteiger partial charge in [-0.1, -0.05) is 114 Å². The molecule has 18 heteroatoms. The van der Waals surface area contributed by atoms with Crippen LogP contribution in [0, 0.1) is 11.8 Å². The molecule has 1 heterocycles. The maximum Gasteiger partial charge on any atom is 0.472 e. The number of aliphatic hydroxyl groups is 8. The predicted molar refractivity (Wildman–Crippen MR) is 251 cm³/mol. The number of Topliss-reactive ketones (excluding diaryl/α,β-unsaturated/α-hetero) is 1. The highest BCUT2D eigenvalue weighted by Gasteiger charge is 2.49. The Hall–Kier alpha value is -2.64. The lowest BCUT2D eigenvalue weighted by molar-refractivity contribution is -0.168. The zero-order valence-corrected chi connectivity index (χ0v) is 40.7. The van der Waals surface area contributed by atoms with Crippen LogP contribution in [0.3, 0.4) is 0 Å². The van der Waals surface area contributed by atoms with Crippen LogP contribution in [0.5, 0.6) is 0 Å². The van der Waals surface area contributed by atoms with Crippen molar-refractivity contribution >= 4 is 25.5 Å². The van der Waals surface area contributed by atoms with E-state index in [2.05, 4.69) is 31.2 Å². The number of hydrogen-bond acceptors (Lipinski definition) is 16. The van der Waals surface area contributed by atoms with Gasteiger partial charge in [0.05, 0.1) is 37.1 Å². The normalized spacial score (nSPS) is 32.1. The SMILES string of the molecule is CCCCCCCC/C=C\C/C=C\C/C=C\CCCC(=O)O[C@@H]1COC(=O)CCCCC(=O)C[C@@H]2[C@@H](O)[C@H](O)[C@@H](O)[C@H](OP(=O)(O)OC1)[C@H](O)[C@H](O)[C@@H](/C=C/[C@@H](O)CCCCC)[C@H](O)C[C@@H]2O. The number of phosphoric acid groups is 1. The summed E-state index contributed by atoms with van der Waals surface area (Å²) in [5.41, 5.74) is 0. The third-order valence-corrected chi connectivity index (χ3v) is 13.1. The Morgan fingerprint density at radius 3 is 2.01 bits per heavy atom. The number of esters is 2. The number of cyclic esters (lactones) is 1. The number of ether oxygens (including phenoxy) is 2. The summed E-state index contributed by atoms with van der Waals surface area (Å²) in [5, 5.41) is 90.1. The minimum atomic E-state index is -5.51. The third kappa shape index (κ3) is 25.2. The monoisotopic (exact) mass is 975 g/mol. The standard InChI is InChI=1S/C49H83O17P/c1-3-5-7-8-9-10-11-12-13-14-15-16-17-18-19-20-22-28-43(55)65-37-33-63-42(54)27-24-23-26-36(51)31-39-41(53)32-40(52)38(30-29-35(50)25-21-6-4-2)44(56)47(59)49(48(60)46(58)45(39)57)66-67(61,62)64-34-37/h12-13,15-16,18-19,29-30,35,37-41,44-50,52-53,56-60H,3-11,14,17,20-28,31-34H2,1-2H3,(H,61,62)/b13-12-,16-15-,19-18-,30-29+/t35-,37+,38-,39-,40+,41-,44+,45+,46-,47+,48+,49+/m0/s1. The van der Waals surface area contributed by atoms with Gasteiger partial charge in [-0.15, -0.1) is 0 Å². The Balaban J connectivity index is 2.22. The van der Waals surface area contributed by atoms with Crippen LogP contribution >= 0.6 is 7.82 Å².